The minimum atomic E-state index is -0.466. The summed E-state index contributed by atoms with van der Waals surface area (Å²) in [5, 5.41) is 0. The molecular formula is C29H48O4. The van der Waals surface area contributed by atoms with Crippen LogP contribution in [0.5, 0.6) is 0 Å². The highest BCUT2D eigenvalue weighted by atomic mass is 16.5. The summed E-state index contributed by atoms with van der Waals surface area (Å²) in [5.41, 5.74) is 0.568. The quantitative estimate of drug-likeness (QED) is 0.136. The van der Waals surface area contributed by atoms with Crippen molar-refractivity contribution < 1.29 is 19.1 Å². The summed E-state index contributed by atoms with van der Waals surface area (Å²) in [7, 11) is 0. The lowest BCUT2D eigenvalue weighted by atomic mass is 10.0. The Kier molecular flexibility index (Phi) is 18.4. The van der Waals surface area contributed by atoms with E-state index in [1.54, 1.807) is 24.3 Å². The highest BCUT2D eigenvalue weighted by molar-refractivity contribution is 6.03. The fourth-order valence-electron chi connectivity index (χ4n) is 4.00. The van der Waals surface area contributed by atoms with Gasteiger partial charge in [-0.15, -0.1) is 0 Å². The molecule has 0 aliphatic carbocycles. The lowest BCUT2D eigenvalue weighted by Gasteiger charge is -2.09. The molecule has 0 bridgehead atoms. The standard InChI is InChI=1S/C29H48O4/c1-3-5-6-7-8-9-10-11-12-13-14-15-16-17-18-21-25-33-29(31)27-23-20-19-22-26(27)28(30)32-24-4-2/h19-20,22-23H,3-18,21,24-25H2,1-2H3. The summed E-state index contributed by atoms with van der Waals surface area (Å²) in [4.78, 5) is 24.5. The topological polar surface area (TPSA) is 52.6 Å². The van der Waals surface area contributed by atoms with Crippen molar-refractivity contribution in [2.75, 3.05) is 13.2 Å². The second-order valence-electron chi connectivity index (χ2n) is 9.12. The first-order chi connectivity index (χ1) is 16.2. The predicted octanol–water partition coefficient (Wildman–Crippen LogP) is 8.67. The molecule has 0 amide bonds. The molecule has 4 nitrogen and oxygen atoms in total. The van der Waals surface area contributed by atoms with Crippen molar-refractivity contribution in [2.45, 2.75) is 123 Å². The molecule has 188 valence electrons. The summed E-state index contributed by atoms with van der Waals surface area (Å²) in [5.74, 6) is -0.910. The van der Waals surface area contributed by atoms with Crippen molar-refractivity contribution in [3.8, 4) is 0 Å². The van der Waals surface area contributed by atoms with Gasteiger partial charge in [-0.05, 0) is 25.0 Å². The maximum Gasteiger partial charge on any atom is 0.339 e. The van der Waals surface area contributed by atoms with Crippen LogP contribution in [0.4, 0.5) is 0 Å². The van der Waals surface area contributed by atoms with Crippen LogP contribution in [0, 0.1) is 0 Å². The van der Waals surface area contributed by atoms with Crippen LogP contribution in [-0.2, 0) is 9.47 Å². The van der Waals surface area contributed by atoms with Crippen molar-refractivity contribution in [1.82, 2.24) is 0 Å². The van der Waals surface area contributed by atoms with Gasteiger partial charge in [-0.3, -0.25) is 0 Å². The van der Waals surface area contributed by atoms with Gasteiger partial charge in [0.1, 0.15) is 0 Å². The molecule has 0 atom stereocenters. The van der Waals surface area contributed by atoms with E-state index in [-0.39, 0.29) is 11.1 Å². The van der Waals surface area contributed by atoms with E-state index in [0.29, 0.717) is 13.2 Å². The molecule has 1 aromatic carbocycles. The van der Waals surface area contributed by atoms with Gasteiger partial charge < -0.3 is 9.47 Å². The number of carbonyl (C=O) groups excluding carboxylic acids is 2. The lowest BCUT2D eigenvalue weighted by molar-refractivity contribution is 0.0454. The predicted molar refractivity (Wildman–Crippen MR) is 137 cm³/mol. The van der Waals surface area contributed by atoms with Gasteiger partial charge in [0, 0.05) is 0 Å². The Bertz CT molecular complexity index is 626. The van der Waals surface area contributed by atoms with Crippen LogP contribution in [-0.4, -0.2) is 25.2 Å². The monoisotopic (exact) mass is 460 g/mol. The highest BCUT2D eigenvalue weighted by Gasteiger charge is 2.18. The first-order valence-corrected chi connectivity index (χ1v) is 13.6. The van der Waals surface area contributed by atoms with E-state index in [1.165, 1.54) is 89.9 Å². The number of rotatable bonds is 21. The first kappa shape index (κ1) is 29.2. The Balaban J connectivity index is 1.99. The van der Waals surface area contributed by atoms with E-state index >= 15 is 0 Å². The van der Waals surface area contributed by atoms with Crippen LogP contribution in [0.15, 0.2) is 24.3 Å². The second kappa shape index (κ2) is 20.7. The van der Waals surface area contributed by atoms with Crippen LogP contribution in [0.3, 0.4) is 0 Å². The van der Waals surface area contributed by atoms with Gasteiger partial charge in [0.05, 0.1) is 24.3 Å². The normalized spacial score (nSPS) is 10.8. The molecule has 4 heteroatoms. The van der Waals surface area contributed by atoms with Crippen LogP contribution >= 0.6 is 0 Å². The van der Waals surface area contributed by atoms with E-state index in [1.807, 2.05) is 6.92 Å². The number of unbranched alkanes of at least 4 members (excludes halogenated alkanes) is 15. The molecule has 0 spiro atoms. The minimum absolute atomic E-state index is 0.280. The van der Waals surface area contributed by atoms with E-state index in [2.05, 4.69) is 6.92 Å². The molecule has 0 aliphatic rings. The van der Waals surface area contributed by atoms with Crippen LogP contribution in [0.2, 0.25) is 0 Å². The number of ether oxygens (including phenoxy) is 2. The maximum absolute atomic E-state index is 12.4. The summed E-state index contributed by atoms with van der Waals surface area (Å²) in [6.45, 7) is 4.96. The molecular weight excluding hydrogens is 412 g/mol. The zero-order valence-corrected chi connectivity index (χ0v) is 21.4. The van der Waals surface area contributed by atoms with Gasteiger partial charge in [-0.25, -0.2) is 9.59 Å². The van der Waals surface area contributed by atoms with Gasteiger partial charge in [-0.2, -0.15) is 0 Å². The fraction of sp³-hybridized carbons (Fsp3) is 0.724. The van der Waals surface area contributed by atoms with Crippen LogP contribution in [0.1, 0.15) is 144 Å². The van der Waals surface area contributed by atoms with E-state index in [0.717, 1.165) is 19.3 Å². The van der Waals surface area contributed by atoms with Crippen LogP contribution in [0.25, 0.3) is 0 Å². The summed E-state index contributed by atoms with van der Waals surface area (Å²) in [6.07, 6.45) is 21.8. The Hall–Kier alpha value is -1.84. The molecule has 1 rings (SSSR count). The second-order valence-corrected chi connectivity index (χ2v) is 9.12. The lowest BCUT2D eigenvalue weighted by Crippen LogP contribution is -2.14. The smallest absolute Gasteiger partial charge is 0.339 e. The van der Waals surface area contributed by atoms with Crippen molar-refractivity contribution >= 4 is 11.9 Å². The maximum atomic E-state index is 12.4. The molecule has 0 saturated carbocycles. The minimum Gasteiger partial charge on any atom is -0.462 e. The first-order valence-electron chi connectivity index (χ1n) is 13.6. The Morgan fingerprint density at radius 3 is 1.27 bits per heavy atom. The van der Waals surface area contributed by atoms with E-state index in [9.17, 15) is 9.59 Å². The molecule has 0 aliphatic heterocycles. The van der Waals surface area contributed by atoms with Gasteiger partial charge in [0.2, 0.25) is 0 Å². The molecule has 33 heavy (non-hydrogen) atoms. The third kappa shape index (κ3) is 14.8. The van der Waals surface area contributed by atoms with Crippen molar-refractivity contribution in [2.24, 2.45) is 0 Å². The number of hydrogen-bond donors (Lipinski definition) is 0. The molecule has 0 unspecified atom stereocenters. The average Bonchev–Trinajstić information content (AvgIpc) is 2.84. The highest BCUT2D eigenvalue weighted by Crippen LogP contribution is 2.15. The molecule has 0 N–H and O–H groups in total. The van der Waals surface area contributed by atoms with Gasteiger partial charge in [0.15, 0.2) is 0 Å². The third-order valence-electron chi connectivity index (χ3n) is 6.04. The number of carbonyl (C=O) groups is 2. The molecule has 0 aromatic heterocycles. The molecule has 0 saturated heterocycles. The van der Waals surface area contributed by atoms with Crippen molar-refractivity contribution in [3.63, 3.8) is 0 Å². The molecule has 0 radical (unpaired) electrons. The fourth-order valence-corrected chi connectivity index (χ4v) is 4.00. The molecule has 0 heterocycles. The summed E-state index contributed by atoms with van der Waals surface area (Å²) in [6, 6.07) is 6.71. The van der Waals surface area contributed by atoms with E-state index in [4.69, 9.17) is 9.47 Å². The summed E-state index contributed by atoms with van der Waals surface area (Å²) < 4.78 is 10.6. The Labute approximate surface area is 202 Å². The number of benzene rings is 1. The van der Waals surface area contributed by atoms with Gasteiger partial charge in [0.25, 0.3) is 0 Å². The SMILES string of the molecule is CCCCCCCCCCCCCCCCCCOC(=O)c1ccccc1C(=O)OCCC. The third-order valence-corrected chi connectivity index (χ3v) is 6.04. The Morgan fingerprint density at radius 2 is 0.879 bits per heavy atom. The molecule has 0 fully saturated rings. The molecule has 1 aromatic rings. The average molecular weight is 461 g/mol. The number of esters is 2. The van der Waals surface area contributed by atoms with Crippen LogP contribution < -0.4 is 0 Å². The van der Waals surface area contributed by atoms with Gasteiger partial charge >= 0.3 is 11.9 Å². The van der Waals surface area contributed by atoms with Crippen molar-refractivity contribution in [1.29, 1.82) is 0 Å². The zero-order chi connectivity index (χ0) is 24.0. The number of hydrogen-bond acceptors (Lipinski definition) is 4. The van der Waals surface area contributed by atoms with Crippen molar-refractivity contribution in [3.05, 3.63) is 35.4 Å². The zero-order valence-electron chi connectivity index (χ0n) is 21.4. The Morgan fingerprint density at radius 1 is 0.515 bits per heavy atom. The van der Waals surface area contributed by atoms with E-state index < -0.39 is 11.9 Å². The largest absolute Gasteiger partial charge is 0.462 e. The van der Waals surface area contributed by atoms with Gasteiger partial charge in [-0.1, -0.05) is 122 Å². The summed E-state index contributed by atoms with van der Waals surface area (Å²) >= 11 is 0.